The van der Waals surface area contributed by atoms with E-state index in [2.05, 4.69) is 5.32 Å². The Morgan fingerprint density at radius 3 is 3.06 bits per heavy atom. The number of nitrogens with one attached hydrogen (secondary N) is 1. The molecule has 92 valence electrons. The largest absolute Gasteiger partial charge is 0.380 e. The molecule has 1 fully saturated rings. The van der Waals surface area contributed by atoms with Gasteiger partial charge in [0.1, 0.15) is 0 Å². The number of ether oxygens (including phenoxy) is 1. The first kappa shape index (κ1) is 12.3. The zero-order valence-electron chi connectivity index (χ0n) is 9.19. The molecule has 1 aliphatic heterocycles. The molecule has 0 aromatic heterocycles. The summed E-state index contributed by atoms with van der Waals surface area (Å²) in [5.74, 6) is 0. The van der Waals surface area contributed by atoms with Gasteiger partial charge in [-0.2, -0.15) is 0 Å². The van der Waals surface area contributed by atoms with Crippen LogP contribution in [0.15, 0.2) is 18.2 Å². The molecule has 5 nitrogen and oxygen atoms in total. The summed E-state index contributed by atoms with van der Waals surface area (Å²) in [6, 6.07) is 4.97. The molecule has 1 aromatic rings. The summed E-state index contributed by atoms with van der Waals surface area (Å²) in [5.41, 5.74) is 0.593. The van der Waals surface area contributed by atoms with Crippen molar-refractivity contribution in [3.8, 4) is 0 Å². The van der Waals surface area contributed by atoms with Crippen molar-refractivity contribution in [3.63, 3.8) is 0 Å². The molecule has 1 saturated heterocycles. The van der Waals surface area contributed by atoms with Crippen molar-refractivity contribution in [2.75, 3.05) is 13.2 Å². The van der Waals surface area contributed by atoms with Crippen LogP contribution in [0.25, 0.3) is 0 Å². The normalized spacial score (nSPS) is 19.5. The van der Waals surface area contributed by atoms with Gasteiger partial charge in [0.15, 0.2) is 0 Å². The highest BCUT2D eigenvalue weighted by molar-refractivity contribution is 6.31. The fourth-order valence-electron chi connectivity index (χ4n) is 1.84. The predicted molar refractivity (Wildman–Crippen MR) is 64.2 cm³/mol. The van der Waals surface area contributed by atoms with Crippen molar-refractivity contribution in [2.45, 2.75) is 19.0 Å². The van der Waals surface area contributed by atoms with Gasteiger partial charge in [0.25, 0.3) is 5.69 Å². The third kappa shape index (κ3) is 2.94. The molecule has 1 aliphatic rings. The highest BCUT2D eigenvalue weighted by atomic mass is 35.5. The minimum atomic E-state index is -0.409. The number of hydrogen-bond acceptors (Lipinski definition) is 4. The van der Waals surface area contributed by atoms with Crippen LogP contribution in [0.2, 0.25) is 5.02 Å². The first-order valence-electron chi connectivity index (χ1n) is 5.41. The zero-order chi connectivity index (χ0) is 12.3. The quantitative estimate of drug-likeness (QED) is 0.662. The van der Waals surface area contributed by atoms with Crippen molar-refractivity contribution in [3.05, 3.63) is 38.9 Å². The molecular formula is C11H13ClN2O3. The number of nitro groups is 1. The van der Waals surface area contributed by atoms with E-state index in [-0.39, 0.29) is 11.7 Å². The summed E-state index contributed by atoms with van der Waals surface area (Å²) in [7, 11) is 0. The highest BCUT2D eigenvalue weighted by Gasteiger charge is 2.19. The van der Waals surface area contributed by atoms with Crippen LogP contribution in [-0.4, -0.2) is 24.2 Å². The second-order valence-corrected chi connectivity index (χ2v) is 4.34. The first-order chi connectivity index (χ1) is 8.18. The highest BCUT2D eigenvalue weighted by Crippen LogP contribution is 2.26. The summed E-state index contributed by atoms with van der Waals surface area (Å²) in [6.07, 6.45) is 0.929. The fraction of sp³-hybridized carbons (Fsp3) is 0.455. The van der Waals surface area contributed by atoms with Gasteiger partial charge in [-0.15, -0.1) is 0 Å². The molecule has 0 aliphatic carbocycles. The molecule has 0 amide bonds. The van der Waals surface area contributed by atoms with E-state index in [1.165, 1.54) is 6.07 Å². The summed E-state index contributed by atoms with van der Waals surface area (Å²) >= 11 is 5.98. The van der Waals surface area contributed by atoms with Crippen LogP contribution < -0.4 is 5.32 Å². The summed E-state index contributed by atoms with van der Waals surface area (Å²) in [4.78, 5) is 10.5. The van der Waals surface area contributed by atoms with Crippen LogP contribution in [0.5, 0.6) is 0 Å². The number of rotatable bonds is 4. The average molecular weight is 257 g/mol. The molecule has 17 heavy (non-hydrogen) atoms. The molecule has 0 saturated carbocycles. The topological polar surface area (TPSA) is 64.4 Å². The van der Waals surface area contributed by atoms with Gasteiger partial charge in [0.2, 0.25) is 0 Å². The Hall–Kier alpha value is -1.17. The Kier molecular flexibility index (Phi) is 3.93. The molecule has 6 heteroatoms. The second-order valence-electron chi connectivity index (χ2n) is 3.94. The Balaban J connectivity index is 2.10. The van der Waals surface area contributed by atoms with Gasteiger partial charge in [-0.25, -0.2) is 0 Å². The second kappa shape index (κ2) is 5.44. The van der Waals surface area contributed by atoms with Crippen LogP contribution in [0.4, 0.5) is 5.69 Å². The molecule has 0 radical (unpaired) electrons. The van der Waals surface area contributed by atoms with Crippen LogP contribution in [0, 0.1) is 10.1 Å². The molecule has 1 unspecified atom stereocenters. The molecule has 0 bridgehead atoms. The smallest absolute Gasteiger partial charge is 0.275 e. The maximum atomic E-state index is 10.9. The molecule has 1 atom stereocenters. The SMILES string of the molecule is O=[N+]([O-])c1cccc(Cl)c1CNC1CCOC1. The van der Waals surface area contributed by atoms with E-state index in [9.17, 15) is 10.1 Å². The average Bonchev–Trinajstić information content (AvgIpc) is 2.80. The molecule has 1 heterocycles. The Bertz CT molecular complexity index is 419. The monoisotopic (exact) mass is 256 g/mol. The third-order valence-corrected chi connectivity index (χ3v) is 3.14. The summed E-state index contributed by atoms with van der Waals surface area (Å²) in [5, 5.41) is 14.5. The molecule has 0 spiro atoms. The van der Waals surface area contributed by atoms with Gasteiger partial charge < -0.3 is 10.1 Å². The van der Waals surface area contributed by atoms with Crippen LogP contribution in [0.3, 0.4) is 0 Å². The lowest BCUT2D eigenvalue weighted by atomic mass is 10.1. The van der Waals surface area contributed by atoms with Gasteiger partial charge in [0.05, 0.1) is 22.1 Å². The van der Waals surface area contributed by atoms with Crippen molar-refractivity contribution in [2.24, 2.45) is 0 Å². The maximum Gasteiger partial charge on any atom is 0.275 e. The lowest BCUT2D eigenvalue weighted by Gasteiger charge is -2.11. The van der Waals surface area contributed by atoms with E-state index in [0.717, 1.165) is 13.0 Å². The molecule has 1 N–H and O–H groups in total. The van der Waals surface area contributed by atoms with Crippen molar-refractivity contribution in [1.82, 2.24) is 5.32 Å². The Morgan fingerprint density at radius 2 is 2.41 bits per heavy atom. The van der Waals surface area contributed by atoms with Gasteiger partial charge in [-0.1, -0.05) is 17.7 Å². The molecular weight excluding hydrogens is 244 g/mol. The third-order valence-electron chi connectivity index (χ3n) is 2.79. The van der Waals surface area contributed by atoms with E-state index < -0.39 is 4.92 Å². The Morgan fingerprint density at radius 1 is 1.59 bits per heavy atom. The number of nitrogens with zero attached hydrogens (tertiary/aromatic N) is 1. The predicted octanol–water partition coefficient (Wildman–Crippen LogP) is 2.13. The van der Waals surface area contributed by atoms with Crippen LogP contribution >= 0.6 is 11.6 Å². The maximum absolute atomic E-state index is 10.9. The molecule has 2 rings (SSSR count). The minimum absolute atomic E-state index is 0.0592. The number of hydrogen-bond donors (Lipinski definition) is 1. The van der Waals surface area contributed by atoms with E-state index in [4.69, 9.17) is 16.3 Å². The van der Waals surface area contributed by atoms with E-state index in [1.54, 1.807) is 12.1 Å². The number of nitro benzene ring substituents is 1. The van der Waals surface area contributed by atoms with Gasteiger partial charge in [0, 0.05) is 25.3 Å². The lowest BCUT2D eigenvalue weighted by molar-refractivity contribution is -0.385. The summed E-state index contributed by atoms with van der Waals surface area (Å²) in [6.45, 7) is 1.78. The van der Waals surface area contributed by atoms with Gasteiger partial charge in [-0.05, 0) is 12.5 Å². The van der Waals surface area contributed by atoms with Crippen molar-refractivity contribution >= 4 is 17.3 Å². The van der Waals surface area contributed by atoms with Gasteiger partial charge in [-0.3, -0.25) is 10.1 Å². The zero-order valence-corrected chi connectivity index (χ0v) is 9.94. The van der Waals surface area contributed by atoms with E-state index >= 15 is 0 Å². The molecule has 1 aromatic carbocycles. The van der Waals surface area contributed by atoms with Crippen LogP contribution in [0.1, 0.15) is 12.0 Å². The minimum Gasteiger partial charge on any atom is -0.380 e. The van der Waals surface area contributed by atoms with E-state index in [1.807, 2.05) is 0 Å². The van der Waals surface area contributed by atoms with E-state index in [0.29, 0.717) is 23.7 Å². The van der Waals surface area contributed by atoms with Gasteiger partial charge >= 0.3 is 0 Å². The fourth-order valence-corrected chi connectivity index (χ4v) is 2.07. The Labute approximate surface area is 104 Å². The summed E-state index contributed by atoms with van der Waals surface area (Å²) < 4.78 is 5.22. The lowest BCUT2D eigenvalue weighted by Crippen LogP contribution is -2.28. The van der Waals surface area contributed by atoms with Crippen molar-refractivity contribution in [1.29, 1.82) is 0 Å². The van der Waals surface area contributed by atoms with Crippen LogP contribution in [-0.2, 0) is 11.3 Å². The number of benzene rings is 1. The number of halogens is 1. The first-order valence-corrected chi connectivity index (χ1v) is 5.79. The van der Waals surface area contributed by atoms with Crippen molar-refractivity contribution < 1.29 is 9.66 Å². The standard InChI is InChI=1S/C11H13ClN2O3/c12-10-2-1-3-11(14(15)16)9(10)6-13-8-4-5-17-7-8/h1-3,8,13H,4-7H2.